The van der Waals surface area contributed by atoms with Crippen LogP contribution in [0, 0.1) is 5.92 Å². The Morgan fingerprint density at radius 1 is 1.25 bits per heavy atom. The number of carboxylic acid groups (broad SMARTS) is 1. The molecule has 1 fully saturated rings. The minimum absolute atomic E-state index is 0.0638. The zero-order valence-electron chi connectivity index (χ0n) is 12.0. The number of aryl methyl sites for hydroxylation is 1. The molecule has 0 radical (unpaired) electrons. The first-order valence-electron chi connectivity index (χ1n) is 7.15. The van der Waals surface area contributed by atoms with E-state index in [4.69, 9.17) is 5.11 Å². The highest BCUT2D eigenvalue weighted by molar-refractivity contribution is 5.94. The van der Waals surface area contributed by atoms with Crippen molar-refractivity contribution in [3.05, 3.63) is 35.4 Å². The van der Waals surface area contributed by atoms with Gasteiger partial charge in [0.25, 0.3) is 5.91 Å². The molecule has 1 N–H and O–H groups in total. The zero-order chi connectivity index (χ0) is 14.7. The van der Waals surface area contributed by atoms with Crippen LogP contribution >= 0.6 is 0 Å². The average Bonchev–Trinajstić information content (AvgIpc) is 2.47. The maximum absolute atomic E-state index is 12.5. The molecule has 108 valence electrons. The van der Waals surface area contributed by atoms with Gasteiger partial charge in [0, 0.05) is 18.2 Å². The van der Waals surface area contributed by atoms with Crippen LogP contribution in [0.15, 0.2) is 24.3 Å². The number of benzene rings is 1. The smallest absolute Gasteiger partial charge is 0.308 e. The largest absolute Gasteiger partial charge is 0.481 e. The molecule has 1 saturated heterocycles. The molecule has 1 heterocycles. The second-order valence-corrected chi connectivity index (χ2v) is 5.47. The molecule has 0 aromatic heterocycles. The Bertz CT molecular complexity index is 495. The fraction of sp³-hybridized carbons (Fsp3) is 0.500. The van der Waals surface area contributed by atoms with E-state index in [-0.39, 0.29) is 11.9 Å². The second kappa shape index (κ2) is 6.07. The van der Waals surface area contributed by atoms with Gasteiger partial charge in [0.2, 0.25) is 0 Å². The molecule has 4 heteroatoms. The predicted octanol–water partition coefficient (Wildman–Crippen LogP) is 2.57. The van der Waals surface area contributed by atoms with E-state index in [1.54, 1.807) is 4.90 Å². The SMILES string of the molecule is CCc1ccc(C(=O)N2CC(C(=O)O)CCC2C)cc1. The molecule has 2 unspecified atom stereocenters. The maximum atomic E-state index is 12.5. The summed E-state index contributed by atoms with van der Waals surface area (Å²) in [7, 11) is 0. The molecule has 20 heavy (non-hydrogen) atoms. The van der Waals surface area contributed by atoms with Crippen molar-refractivity contribution in [3.63, 3.8) is 0 Å². The summed E-state index contributed by atoms with van der Waals surface area (Å²) in [5.74, 6) is -1.31. The van der Waals surface area contributed by atoms with Gasteiger partial charge in [0.05, 0.1) is 5.92 Å². The molecular weight excluding hydrogens is 254 g/mol. The van der Waals surface area contributed by atoms with Gasteiger partial charge in [-0.15, -0.1) is 0 Å². The number of amides is 1. The molecule has 0 spiro atoms. The first-order valence-corrected chi connectivity index (χ1v) is 7.15. The van der Waals surface area contributed by atoms with Crippen molar-refractivity contribution in [2.24, 2.45) is 5.92 Å². The number of carbonyl (C=O) groups excluding carboxylic acids is 1. The number of hydrogen-bond acceptors (Lipinski definition) is 2. The lowest BCUT2D eigenvalue weighted by molar-refractivity contribution is -0.143. The van der Waals surface area contributed by atoms with Crippen LogP contribution in [-0.2, 0) is 11.2 Å². The van der Waals surface area contributed by atoms with E-state index >= 15 is 0 Å². The van der Waals surface area contributed by atoms with Crippen molar-refractivity contribution in [1.29, 1.82) is 0 Å². The summed E-state index contributed by atoms with van der Waals surface area (Å²) in [5.41, 5.74) is 1.83. The molecule has 1 aromatic rings. The molecule has 0 bridgehead atoms. The number of carbonyl (C=O) groups is 2. The second-order valence-electron chi connectivity index (χ2n) is 5.47. The highest BCUT2D eigenvalue weighted by atomic mass is 16.4. The Hall–Kier alpha value is -1.84. The molecule has 1 aliphatic rings. The lowest BCUT2D eigenvalue weighted by atomic mass is 9.93. The van der Waals surface area contributed by atoms with Crippen LogP contribution in [0.5, 0.6) is 0 Å². The Labute approximate surface area is 119 Å². The number of carboxylic acids is 1. The Morgan fingerprint density at radius 2 is 1.90 bits per heavy atom. The normalized spacial score (nSPS) is 22.6. The minimum atomic E-state index is -0.809. The molecule has 1 amide bonds. The van der Waals surface area contributed by atoms with E-state index in [0.29, 0.717) is 18.5 Å². The standard InChI is InChI=1S/C16H21NO3/c1-3-12-5-8-13(9-6-12)15(18)17-10-14(16(19)20)7-4-11(17)2/h5-6,8-9,11,14H,3-4,7,10H2,1-2H3,(H,19,20). The van der Waals surface area contributed by atoms with E-state index in [1.165, 1.54) is 5.56 Å². The van der Waals surface area contributed by atoms with E-state index < -0.39 is 11.9 Å². The van der Waals surface area contributed by atoms with Crippen molar-refractivity contribution in [2.75, 3.05) is 6.54 Å². The van der Waals surface area contributed by atoms with Crippen molar-refractivity contribution >= 4 is 11.9 Å². The first-order chi connectivity index (χ1) is 9.52. The van der Waals surface area contributed by atoms with Gasteiger partial charge >= 0.3 is 5.97 Å². The number of aliphatic carboxylic acids is 1. The van der Waals surface area contributed by atoms with E-state index in [0.717, 1.165) is 12.8 Å². The molecule has 2 rings (SSSR count). The lowest BCUT2D eigenvalue weighted by Crippen LogP contribution is -2.47. The van der Waals surface area contributed by atoms with Crippen molar-refractivity contribution in [3.8, 4) is 0 Å². The third-order valence-corrected chi connectivity index (χ3v) is 4.10. The highest BCUT2D eigenvalue weighted by Crippen LogP contribution is 2.24. The van der Waals surface area contributed by atoms with Crippen molar-refractivity contribution in [1.82, 2.24) is 4.90 Å². The summed E-state index contributed by atoms with van der Waals surface area (Å²) in [6.45, 7) is 4.36. The molecule has 2 atom stereocenters. The first kappa shape index (κ1) is 14.6. The molecular formula is C16H21NO3. The summed E-state index contributed by atoms with van der Waals surface area (Å²) < 4.78 is 0. The van der Waals surface area contributed by atoms with E-state index in [9.17, 15) is 9.59 Å². The Balaban J connectivity index is 2.15. The van der Waals surface area contributed by atoms with Crippen LogP contribution in [-0.4, -0.2) is 34.5 Å². The van der Waals surface area contributed by atoms with E-state index in [1.807, 2.05) is 31.2 Å². The third kappa shape index (κ3) is 3.00. The summed E-state index contributed by atoms with van der Waals surface area (Å²) in [5, 5.41) is 9.12. The van der Waals surface area contributed by atoms with Crippen molar-refractivity contribution < 1.29 is 14.7 Å². The third-order valence-electron chi connectivity index (χ3n) is 4.10. The van der Waals surface area contributed by atoms with Crippen LogP contribution in [0.25, 0.3) is 0 Å². The molecule has 0 saturated carbocycles. The number of nitrogens with zero attached hydrogens (tertiary/aromatic N) is 1. The van der Waals surface area contributed by atoms with Gasteiger partial charge in [0.1, 0.15) is 0 Å². The fourth-order valence-electron chi connectivity index (χ4n) is 2.64. The zero-order valence-corrected chi connectivity index (χ0v) is 12.0. The number of piperidine rings is 1. The van der Waals surface area contributed by atoms with Gasteiger partial charge < -0.3 is 10.0 Å². The summed E-state index contributed by atoms with van der Waals surface area (Å²) in [4.78, 5) is 25.3. The summed E-state index contributed by atoms with van der Waals surface area (Å²) in [6, 6.07) is 7.67. The van der Waals surface area contributed by atoms with Gasteiger partial charge in [-0.1, -0.05) is 19.1 Å². The van der Waals surface area contributed by atoms with Gasteiger partial charge in [-0.3, -0.25) is 9.59 Å². The van der Waals surface area contributed by atoms with Crippen LogP contribution in [0.1, 0.15) is 42.6 Å². The van der Waals surface area contributed by atoms with Gasteiger partial charge in [-0.2, -0.15) is 0 Å². The minimum Gasteiger partial charge on any atom is -0.481 e. The van der Waals surface area contributed by atoms with Crippen LogP contribution in [0.2, 0.25) is 0 Å². The molecule has 1 aliphatic heterocycles. The fourth-order valence-corrected chi connectivity index (χ4v) is 2.64. The Kier molecular flexibility index (Phi) is 4.42. The monoisotopic (exact) mass is 275 g/mol. The van der Waals surface area contributed by atoms with Crippen molar-refractivity contribution in [2.45, 2.75) is 39.2 Å². The van der Waals surface area contributed by atoms with Crippen LogP contribution < -0.4 is 0 Å². The molecule has 1 aromatic carbocycles. The summed E-state index contributed by atoms with van der Waals surface area (Å²) in [6.07, 6.45) is 2.33. The number of rotatable bonds is 3. The predicted molar refractivity (Wildman–Crippen MR) is 76.7 cm³/mol. The van der Waals surface area contributed by atoms with Crippen LogP contribution in [0.3, 0.4) is 0 Å². The summed E-state index contributed by atoms with van der Waals surface area (Å²) >= 11 is 0. The molecule has 0 aliphatic carbocycles. The highest BCUT2D eigenvalue weighted by Gasteiger charge is 2.32. The Morgan fingerprint density at radius 3 is 2.45 bits per heavy atom. The maximum Gasteiger partial charge on any atom is 0.308 e. The van der Waals surface area contributed by atoms with E-state index in [2.05, 4.69) is 6.92 Å². The van der Waals surface area contributed by atoms with Gasteiger partial charge in [-0.05, 0) is 43.9 Å². The number of likely N-dealkylation sites (tertiary alicyclic amines) is 1. The quantitative estimate of drug-likeness (QED) is 0.922. The van der Waals surface area contributed by atoms with Crippen LogP contribution in [0.4, 0.5) is 0 Å². The number of hydrogen-bond donors (Lipinski definition) is 1. The van der Waals surface area contributed by atoms with Gasteiger partial charge in [-0.25, -0.2) is 0 Å². The molecule has 4 nitrogen and oxygen atoms in total. The lowest BCUT2D eigenvalue weighted by Gasteiger charge is -2.36. The van der Waals surface area contributed by atoms with Gasteiger partial charge in [0.15, 0.2) is 0 Å². The average molecular weight is 275 g/mol. The topological polar surface area (TPSA) is 57.6 Å².